The molecular formula is C16H22N2O. The van der Waals surface area contributed by atoms with Crippen LogP contribution in [0.1, 0.15) is 19.4 Å². The number of nitrogens with one attached hydrogen (secondary N) is 1. The molecule has 1 aliphatic heterocycles. The maximum Gasteiger partial charge on any atom is 0.0874 e. The Morgan fingerprint density at radius 1 is 1.53 bits per heavy atom. The molecule has 1 saturated heterocycles. The number of morpholine rings is 1. The van der Waals surface area contributed by atoms with Gasteiger partial charge in [0.15, 0.2) is 0 Å². The van der Waals surface area contributed by atoms with E-state index in [0.29, 0.717) is 6.04 Å². The summed E-state index contributed by atoms with van der Waals surface area (Å²) < 4.78 is 5.79. The zero-order valence-corrected chi connectivity index (χ0v) is 11.7. The highest BCUT2D eigenvalue weighted by molar-refractivity contribution is 5.49. The van der Waals surface area contributed by atoms with Crippen LogP contribution in [0, 0.1) is 12.3 Å². The number of benzene rings is 1. The van der Waals surface area contributed by atoms with E-state index in [4.69, 9.17) is 11.2 Å². The van der Waals surface area contributed by atoms with E-state index in [1.165, 1.54) is 0 Å². The number of nitrogens with zero attached hydrogens (tertiary/aromatic N) is 1. The molecule has 3 nitrogen and oxygen atoms in total. The van der Waals surface area contributed by atoms with E-state index < -0.39 is 0 Å². The lowest BCUT2D eigenvalue weighted by Gasteiger charge is -2.35. The molecule has 0 aliphatic carbocycles. The molecule has 1 aromatic carbocycles. The van der Waals surface area contributed by atoms with Crippen LogP contribution >= 0.6 is 0 Å². The minimum absolute atomic E-state index is 0.241. The van der Waals surface area contributed by atoms with Gasteiger partial charge in [0, 0.05) is 36.9 Å². The van der Waals surface area contributed by atoms with Crippen LogP contribution in [-0.2, 0) is 4.74 Å². The summed E-state index contributed by atoms with van der Waals surface area (Å²) in [5.41, 5.74) is 1.96. The maximum atomic E-state index is 5.79. The molecule has 1 atom stereocenters. The van der Waals surface area contributed by atoms with Crippen LogP contribution < -0.4 is 5.32 Å². The van der Waals surface area contributed by atoms with Crippen molar-refractivity contribution in [3.8, 4) is 12.3 Å². The number of hydrogen-bond acceptors (Lipinski definition) is 3. The summed E-state index contributed by atoms with van der Waals surface area (Å²) in [5, 5.41) is 3.40. The van der Waals surface area contributed by atoms with Crippen molar-refractivity contribution in [3.05, 3.63) is 29.8 Å². The van der Waals surface area contributed by atoms with Gasteiger partial charge in [-0.3, -0.25) is 4.90 Å². The highest BCUT2D eigenvalue weighted by Crippen LogP contribution is 2.12. The van der Waals surface area contributed by atoms with E-state index in [1.807, 2.05) is 24.3 Å². The minimum Gasteiger partial charge on any atom is -0.382 e. The lowest BCUT2D eigenvalue weighted by atomic mass is 10.2. The average Bonchev–Trinajstić information content (AvgIpc) is 2.45. The summed E-state index contributed by atoms with van der Waals surface area (Å²) in [6, 6.07) is 8.51. The van der Waals surface area contributed by atoms with Crippen LogP contribution in [0.2, 0.25) is 0 Å². The predicted molar refractivity (Wildman–Crippen MR) is 79.3 cm³/mol. The summed E-state index contributed by atoms with van der Waals surface area (Å²) in [7, 11) is 0. The Bertz CT molecular complexity index is 450. The predicted octanol–water partition coefficient (Wildman–Crippen LogP) is 2.19. The number of ether oxygens (including phenoxy) is 1. The number of terminal acetylenes is 1. The van der Waals surface area contributed by atoms with E-state index >= 15 is 0 Å². The SMILES string of the molecule is C#Cc1cccc(NCC2CN(C(C)C)CCO2)c1. The van der Waals surface area contributed by atoms with E-state index in [0.717, 1.165) is 37.5 Å². The largest absolute Gasteiger partial charge is 0.382 e. The van der Waals surface area contributed by atoms with Gasteiger partial charge in [-0.05, 0) is 32.0 Å². The maximum absolute atomic E-state index is 5.79. The first-order chi connectivity index (χ1) is 9.19. The van der Waals surface area contributed by atoms with Crippen LogP contribution in [0.25, 0.3) is 0 Å². The topological polar surface area (TPSA) is 24.5 Å². The monoisotopic (exact) mass is 258 g/mol. The first-order valence-electron chi connectivity index (χ1n) is 6.85. The average molecular weight is 258 g/mol. The zero-order valence-electron chi connectivity index (χ0n) is 11.7. The quantitative estimate of drug-likeness (QED) is 0.838. The van der Waals surface area contributed by atoms with E-state index in [1.54, 1.807) is 0 Å². The molecule has 1 N–H and O–H groups in total. The molecule has 1 aromatic rings. The third-order valence-electron chi connectivity index (χ3n) is 3.46. The first kappa shape index (κ1) is 13.9. The van der Waals surface area contributed by atoms with Gasteiger partial charge in [-0.15, -0.1) is 6.42 Å². The molecule has 0 radical (unpaired) electrons. The van der Waals surface area contributed by atoms with Crippen LogP contribution in [0.5, 0.6) is 0 Å². The molecule has 102 valence electrons. The molecule has 0 aromatic heterocycles. The highest BCUT2D eigenvalue weighted by Gasteiger charge is 2.21. The van der Waals surface area contributed by atoms with Gasteiger partial charge in [0.1, 0.15) is 0 Å². The van der Waals surface area contributed by atoms with Gasteiger partial charge in [0.2, 0.25) is 0 Å². The molecule has 19 heavy (non-hydrogen) atoms. The molecule has 1 heterocycles. The van der Waals surface area contributed by atoms with E-state index in [-0.39, 0.29) is 6.10 Å². The van der Waals surface area contributed by atoms with E-state index in [9.17, 15) is 0 Å². The Morgan fingerprint density at radius 3 is 3.11 bits per heavy atom. The molecule has 2 rings (SSSR count). The second-order valence-corrected chi connectivity index (χ2v) is 5.19. The second kappa shape index (κ2) is 6.60. The molecule has 0 bridgehead atoms. The smallest absolute Gasteiger partial charge is 0.0874 e. The van der Waals surface area contributed by atoms with Gasteiger partial charge in [0.25, 0.3) is 0 Å². The lowest BCUT2D eigenvalue weighted by Crippen LogP contribution is -2.48. The lowest BCUT2D eigenvalue weighted by molar-refractivity contribution is -0.0315. The van der Waals surface area contributed by atoms with Gasteiger partial charge < -0.3 is 10.1 Å². The Balaban J connectivity index is 1.86. The summed E-state index contributed by atoms with van der Waals surface area (Å²) in [6.07, 6.45) is 5.64. The molecule has 3 heteroatoms. The summed E-state index contributed by atoms with van der Waals surface area (Å²) >= 11 is 0. The summed E-state index contributed by atoms with van der Waals surface area (Å²) in [4.78, 5) is 2.45. The molecule has 0 spiro atoms. The van der Waals surface area contributed by atoms with Crippen LogP contribution in [0.15, 0.2) is 24.3 Å². The summed E-state index contributed by atoms with van der Waals surface area (Å²) in [5.74, 6) is 2.65. The number of rotatable bonds is 4. The van der Waals surface area contributed by atoms with E-state index in [2.05, 4.69) is 30.0 Å². The second-order valence-electron chi connectivity index (χ2n) is 5.19. The molecule has 0 saturated carbocycles. The molecule has 1 unspecified atom stereocenters. The molecule has 1 fully saturated rings. The van der Waals surface area contributed by atoms with Gasteiger partial charge in [0.05, 0.1) is 12.7 Å². The summed E-state index contributed by atoms with van der Waals surface area (Å²) in [6.45, 7) is 8.10. The third kappa shape index (κ3) is 3.99. The molecule has 1 aliphatic rings. The van der Waals surface area contributed by atoms with Crippen molar-refractivity contribution >= 4 is 5.69 Å². The van der Waals surface area contributed by atoms with Gasteiger partial charge in [-0.25, -0.2) is 0 Å². The van der Waals surface area contributed by atoms with Crippen LogP contribution in [0.4, 0.5) is 5.69 Å². The standard InChI is InChI=1S/C16H22N2O/c1-4-14-6-5-7-15(10-14)17-11-16-12-18(13(2)3)8-9-19-16/h1,5-7,10,13,16-17H,8-9,11-12H2,2-3H3. The number of anilines is 1. The van der Waals surface area contributed by atoms with Crippen molar-refractivity contribution in [2.24, 2.45) is 0 Å². The first-order valence-corrected chi connectivity index (χ1v) is 6.85. The molecular weight excluding hydrogens is 236 g/mol. The Labute approximate surface area is 115 Å². The fourth-order valence-electron chi connectivity index (χ4n) is 2.29. The Hall–Kier alpha value is -1.50. The van der Waals surface area contributed by atoms with Gasteiger partial charge >= 0.3 is 0 Å². The van der Waals surface area contributed by atoms with Crippen molar-refractivity contribution in [1.29, 1.82) is 0 Å². The number of hydrogen-bond donors (Lipinski definition) is 1. The van der Waals surface area contributed by atoms with Gasteiger partial charge in [-0.1, -0.05) is 12.0 Å². The van der Waals surface area contributed by atoms with Crippen molar-refractivity contribution < 1.29 is 4.74 Å². The normalized spacial score (nSPS) is 20.2. The van der Waals surface area contributed by atoms with Crippen LogP contribution in [-0.4, -0.2) is 43.3 Å². The Kier molecular flexibility index (Phi) is 4.84. The van der Waals surface area contributed by atoms with Crippen molar-refractivity contribution in [2.75, 3.05) is 31.6 Å². The van der Waals surface area contributed by atoms with Crippen molar-refractivity contribution in [2.45, 2.75) is 26.0 Å². The van der Waals surface area contributed by atoms with Crippen molar-refractivity contribution in [3.63, 3.8) is 0 Å². The Morgan fingerprint density at radius 2 is 2.37 bits per heavy atom. The molecule has 0 amide bonds. The fraction of sp³-hybridized carbons (Fsp3) is 0.500. The van der Waals surface area contributed by atoms with Crippen LogP contribution in [0.3, 0.4) is 0 Å². The highest BCUT2D eigenvalue weighted by atomic mass is 16.5. The van der Waals surface area contributed by atoms with Gasteiger partial charge in [-0.2, -0.15) is 0 Å². The fourth-order valence-corrected chi connectivity index (χ4v) is 2.29. The minimum atomic E-state index is 0.241. The zero-order chi connectivity index (χ0) is 13.7. The third-order valence-corrected chi connectivity index (χ3v) is 3.46. The van der Waals surface area contributed by atoms with Crippen molar-refractivity contribution in [1.82, 2.24) is 4.90 Å².